The zero-order valence-electron chi connectivity index (χ0n) is 11.7. The molecule has 1 aromatic carbocycles. The van der Waals surface area contributed by atoms with Crippen molar-refractivity contribution in [2.24, 2.45) is 0 Å². The number of likely N-dealkylation sites (N-methyl/N-ethyl adjacent to an activating group) is 1. The Hall–Kier alpha value is -0.770. The summed E-state index contributed by atoms with van der Waals surface area (Å²) in [6, 6.07) is 5.85. The summed E-state index contributed by atoms with van der Waals surface area (Å²) in [7, 11) is 2.09. The van der Waals surface area contributed by atoms with E-state index >= 15 is 0 Å². The molecule has 1 amide bonds. The molecule has 1 fully saturated rings. The summed E-state index contributed by atoms with van der Waals surface area (Å²) in [6.45, 7) is 0.466. The van der Waals surface area contributed by atoms with E-state index in [1.54, 1.807) is 18.2 Å². The first-order valence-corrected chi connectivity index (χ1v) is 7.89. The Labute approximate surface area is 130 Å². The Balaban J connectivity index is 1.90. The van der Waals surface area contributed by atoms with Gasteiger partial charge in [-0.25, -0.2) is 0 Å². The van der Waals surface area contributed by atoms with Gasteiger partial charge in [-0.05, 0) is 37.8 Å². The molecule has 1 saturated carbocycles. The van der Waals surface area contributed by atoms with E-state index < -0.39 is 0 Å². The molecule has 1 aliphatic rings. The highest BCUT2D eigenvalue weighted by Gasteiger charge is 2.23. The van der Waals surface area contributed by atoms with E-state index in [0.29, 0.717) is 28.3 Å². The van der Waals surface area contributed by atoms with Crippen molar-refractivity contribution in [1.29, 1.82) is 0 Å². The van der Waals surface area contributed by atoms with Gasteiger partial charge in [-0.3, -0.25) is 4.79 Å². The molecule has 110 valence electrons. The van der Waals surface area contributed by atoms with Gasteiger partial charge in [0.2, 0.25) is 0 Å². The van der Waals surface area contributed by atoms with Gasteiger partial charge in [0, 0.05) is 0 Å². The molecule has 5 heteroatoms. The minimum atomic E-state index is -0.0164. The molecule has 0 heterocycles. The Morgan fingerprint density at radius 2 is 2.00 bits per heavy atom. The fourth-order valence-electron chi connectivity index (χ4n) is 2.79. The average Bonchev–Trinajstić information content (AvgIpc) is 2.45. The quantitative estimate of drug-likeness (QED) is 0.880. The predicted molar refractivity (Wildman–Crippen MR) is 83.7 cm³/mol. The van der Waals surface area contributed by atoms with E-state index in [0.717, 1.165) is 0 Å². The number of carbonyl (C=O) groups is 1. The second-order valence-electron chi connectivity index (χ2n) is 5.51. The molecule has 0 radical (unpaired) electrons. The molecular formula is C15H21Cl2N2O+. The SMILES string of the molecule is C[NH+](CC(=O)Nc1cccc(Cl)c1Cl)C1CCCCC1. The number of carbonyl (C=O) groups excluding carboxylic acids is 1. The van der Waals surface area contributed by atoms with Gasteiger partial charge in [0.1, 0.15) is 0 Å². The molecule has 3 nitrogen and oxygen atoms in total. The van der Waals surface area contributed by atoms with E-state index in [-0.39, 0.29) is 5.91 Å². The molecule has 1 atom stereocenters. The van der Waals surface area contributed by atoms with Gasteiger partial charge in [0.15, 0.2) is 6.54 Å². The van der Waals surface area contributed by atoms with Crippen LogP contribution in [-0.4, -0.2) is 25.5 Å². The lowest BCUT2D eigenvalue weighted by molar-refractivity contribution is -0.899. The van der Waals surface area contributed by atoms with Crippen molar-refractivity contribution in [2.45, 2.75) is 38.1 Å². The number of quaternary nitrogens is 1. The standard InChI is InChI=1S/C15H20Cl2N2O/c1-19(11-6-3-2-4-7-11)10-14(20)18-13-9-5-8-12(16)15(13)17/h5,8-9,11H,2-4,6-7,10H2,1H3,(H,18,20)/p+1. The first-order valence-electron chi connectivity index (χ1n) is 7.14. The third kappa shape index (κ3) is 4.11. The maximum atomic E-state index is 12.1. The molecule has 2 N–H and O–H groups in total. The van der Waals surface area contributed by atoms with Crippen LogP contribution in [0.5, 0.6) is 0 Å². The summed E-state index contributed by atoms with van der Waals surface area (Å²) in [6.07, 6.45) is 6.33. The van der Waals surface area contributed by atoms with Crippen LogP contribution in [0, 0.1) is 0 Å². The number of rotatable bonds is 4. The van der Waals surface area contributed by atoms with Crippen LogP contribution in [-0.2, 0) is 4.79 Å². The zero-order valence-corrected chi connectivity index (χ0v) is 13.2. The maximum Gasteiger partial charge on any atom is 0.279 e. The van der Waals surface area contributed by atoms with E-state index in [1.807, 2.05) is 0 Å². The van der Waals surface area contributed by atoms with Crippen LogP contribution in [0.1, 0.15) is 32.1 Å². The molecular weight excluding hydrogens is 295 g/mol. The number of nitrogens with one attached hydrogen (secondary N) is 2. The predicted octanol–water partition coefficient (Wildman–Crippen LogP) is 2.78. The van der Waals surface area contributed by atoms with Gasteiger partial charge >= 0.3 is 0 Å². The Morgan fingerprint density at radius 3 is 2.70 bits per heavy atom. The fourth-order valence-corrected chi connectivity index (χ4v) is 3.14. The van der Waals surface area contributed by atoms with Gasteiger partial charge in [0.25, 0.3) is 5.91 Å². The molecule has 1 aromatic rings. The molecule has 20 heavy (non-hydrogen) atoms. The zero-order chi connectivity index (χ0) is 14.5. The molecule has 0 saturated heterocycles. The van der Waals surface area contributed by atoms with Crippen LogP contribution in [0.2, 0.25) is 10.0 Å². The van der Waals surface area contributed by atoms with E-state index in [9.17, 15) is 4.79 Å². The van der Waals surface area contributed by atoms with Crippen molar-refractivity contribution in [2.75, 3.05) is 18.9 Å². The number of anilines is 1. The van der Waals surface area contributed by atoms with Crippen molar-refractivity contribution < 1.29 is 9.69 Å². The van der Waals surface area contributed by atoms with Crippen LogP contribution in [0.3, 0.4) is 0 Å². The number of hydrogen-bond acceptors (Lipinski definition) is 1. The smallest absolute Gasteiger partial charge is 0.279 e. The average molecular weight is 316 g/mol. The van der Waals surface area contributed by atoms with Crippen LogP contribution >= 0.6 is 23.2 Å². The van der Waals surface area contributed by atoms with Crippen LogP contribution in [0.15, 0.2) is 18.2 Å². The lowest BCUT2D eigenvalue weighted by atomic mass is 9.94. The number of hydrogen-bond donors (Lipinski definition) is 2. The normalized spacial score (nSPS) is 17.8. The van der Waals surface area contributed by atoms with Crippen molar-refractivity contribution in [3.63, 3.8) is 0 Å². The molecule has 2 rings (SSSR count). The molecule has 0 spiro atoms. The minimum absolute atomic E-state index is 0.0164. The number of amides is 1. The molecule has 1 aliphatic carbocycles. The molecule has 0 aliphatic heterocycles. The summed E-state index contributed by atoms with van der Waals surface area (Å²) in [5.41, 5.74) is 0.584. The third-order valence-electron chi connectivity index (χ3n) is 3.97. The summed E-state index contributed by atoms with van der Waals surface area (Å²) in [5, 5.41) is 3.70. The Bertz CT molecular complexity index is 473. The Morgan fingerprint density at radius 1 is 1.30 bits per heavy atom. The fraction of sp³-hybridized carbons (Fsp3) is 0.533. The van der Waals surface area contributed by atoms with Crippen molar-refractivity contribution >= 4 is 34.8 Å². The van der Waals surface area contributed by atoms with E-state index in [2.05, 4.69) is 12.4 Å². The van der Waals surface area contributed by atoms with Crippen molar-refractivity contribution in [3.05, 3.63) is 28.2 Å². The van der Waals surface area contributed by atoms with Gasteiger partial charge < -0.3 is 10.2 Å². The summed E-state index contributed by atoms with van der Waals surface area (Å²) < 4.78 is 0. The third-order valence-corrected chi connectivity index (χ3v) is 4.79. The largest absolute Gasteiger partial charge is 0.327 e. The van der Waals surface area contributed by atoms with Gasteiger partial charge in [-0.1, -0.05) is 35.7 Å². The second kappa shape index (κ2) is 7.30. The van der Waals surface area contributed by atoms with Crippen LogP contribution in [0.4, 0.5) is 5.69 Å². The van der Waals surface area contributed by atoms with Gasteiger partial charge in [-0.15, -0.1) is 0 Å². The minimum Gasteiger partial charge on any atom is -0.327 e. The maximum absolute atomic E-state index is 12.1. The summed E-state index contributed by atoms with van der Waals surface area (Å²) in [4.78, 5) is 13.4. The molecule has 0 bridgehead atoms. The summed E-state index contributed by atoms with van der Waals surface area (Å²) >= 11 is 12.0. The highest BCUT2D eigenvalue weighted by atomic mass is 35.5. The Kier molecular flexibility index (Phi) is 5.70. The number of benzene rings is 1. The van der Waals surface area contributed by atoms with Crippen LogP contribution in [0.25, 0.3) is 0 Å². The lowest BCUT2D eigenvalue weighted by Crippen LogP contribution is -3.14. The molecule has 1 unspecified atom stereocenters. The van der Waals surface area contributed by atoms with Crippen molar-refractivity contribution in [3.8, 4) is 0 Å². The first-order chi connectivity index (χ1) is 9.58. The lowest BCUT2D eigenvalue weighted by Gasteiger charge is -2.27. The van der Waals surface area contributed by atoms with Gasteiger partial charge in [0.05, 0.1) is 28.8 Å². The van der Waals surface area contributed by atoms with E-state index in [4.69, 9.17) is 23.2 Å². The highest BCUT2D eigenvalue weighted by Crippen LogP contribution is 2.29. The topological polar surface area (TPSA) is 33.5 Å². The number of halogens is 2. The second-order valence-corrected chi connectivity index (χ2v) is 6.29. The highest BCUT2D eigenvalue weighted by molar-refractivity contribution is 6.43. The van der Waals surface area contributed by atoms with Crippen LogP contribution < -0.4 is 10.2 Å². The monoisotopic (exact) mass is 315 g/mol. The first kappa shape index (κ1) is 15.6. The van der Waals surface area contributed by atoms with Gasteiger partial charge in [-0.2, -0.15) is 0 Å². The van der Waals surface area contributed by atoms with Crippen molar-refractivity contribution in [1.82, 2.24) is 0 Å². The summed E-state index contributed by atoms with van der Waals surface area (Å²) in [5.74, 6) is -0.0164. The molecule has 0 aromatic heterocycles. The van der Waals surface area contributed by atoms with E-state index in [1.165, 1.54) is 37.0 Å².